The third-order valence-electron chi connectivity index (χ3n) is 4.87. The Bertz CT molecular complexity index is 720. The van der Waals surface area contributed by atoms with Gasteiger partial charge in [0.25, 0.3) is 0 Å². The summed E-state index contributed by atoms with van der Waals surface area (Å²) in [4.78, 5) is 20.9. The van der Waals surface area contributed by atoms with Crippen LogP contribution >= 0.6 is 0 Å². The van der Waals surface area contributed by atoms with Gasteiger partial charge < -0.3 is 10.2 Å². The molecule has 0 aliphatic heterocycles. The van der Waals surface area contributed by atoms with Gasteiger partial charge in [0, 0.05) is 12.0 Å². The highest BCUT2D eigenvalue weighted by atomic mass is 17.2. The summed E-state index contributed by atoms with van der Waals surface area (Å²) in [6.07, 6.45) is 5.76. The molecule has 2 aromatic carbocycles. The van der Waals surface area contributed by atoms with Crippen LogP contribution in [0.1, 0.15) is 57.6 Å². The van der Waals surface area contributed by atoms with Crippen molar-refractivity contribution in [1.82, 2.24) is 0 Å². The van der Waals surface area contributed by atoms with Crippen LogP contribution < -0.4 is 0 Å². The molecule has 0 fully saturated rings. The highest BCUT2D eigenvalue weighted by Gasteiger charge is 2.23. The predicted molar refractivity (Wildman–Crippen MR) is 124 cm³/mol. The van der Waals surface area contributed by atoms with Crippen LogP contribution in [-0.4, -0.2) is 28.4 Å². The van der Waals surface area contributed by atoms with E-state index in [1.54, 1.807) is 6.08 Å². The van der Waals surface area contributed by atoms with Crippen LogP contribution in [-0.2, 0) is 21.2 Å². The van der Waals surface area contributed by atoms with E-state index in [9.17, 15) is 15.0 Å². The predicted octanol–water partition coefficient (Wildman–Crippen LogP) is 5.32. The summed E-state index contributed by atoms with van der Waals surface area (Å²) in [5.74, 6) is -0.454. The van der Waals surface area contributed by atoms with E-state index in [1.807, 2.05) is 74.5 Å². The van der Waals surface area contributed by atoms with Crippen molar-refractivity contribution < 1.29 is 24.8 Å². The van der Waals surface area contributed by atoms with Gasteiger partial charge in [-0.3, -0.25) is 4.89 Å². The number of benzene rings is 2. The van der Waals surface area contributed by atoms with E-state index in [0.29, 0.717) is 0 Å². The largest absolute Gasteiger partial charge is 0.393 e. The van der Waals surface area contributed by atoms with Gasteiger partial charge in [-0.1, -0.05) is 87.9 Å². The summed E-state index contributed by atoms with van der Waals surface area (Å²) < 4.78 is 0. The van der Waals surface area contributed by atoms with Crippen LogP contribution in [0.25, 0.3) is 6.08 Å². The quantitative estimate of drug-likeness (QED) is 0.288. The third kappa shape index (κ3) is 11.5. The van der Waals surface area contributed by atoms with Gasteiger partial charge in [-0.25, -0.2) is 4.79 Å². The van der Waals surface area contributed by atoms with Crippen molar-refractivity contribution in [3.63, 3.8) is 0 Å². The summed E-state index contributed by atoms with van der Waals surface area (Å²) in [6, 6.07) is 19.0. The van der Waals surface area contributed by atoms with Crippen LogP contribution in [0.2, 0.25) is 0 Å². The molecule has 2 aromatic rings. The zero-order valence-corrected chi connectivity index (χ0v) is 18.8. The van der Waals surface area contributed by atoms with E-state index in [1.165, 1.54) is 6.08 Å². The molecule has 3 atom stereocenters. The second kappa shape index (κ2) is 16.3. The maximum Gasteiger partial charge on any atom is 0.365 e. The van der Waals surface area contributed by atoms with Gasteiger partial charge in [-0.2, -0.15) is 4.89 Å². The van der Waals surface area contributed by atoms with Crippen molar-refractivity contribution in [2.75, 3.05) is 0 Å². The fourth-order valence-electron chi connectivity index (χ4n) is 3.07. The first-order valence-corrected chi connectivity index (χ1v) is 11.0. The van der Waals surface area contributed by atoms with Crippen molar-refractivity contribution in [1.29, 1.82) is 0 Å². The van der Waals surface area contributed by atoms with Gasteiger partial charge >= 0.3 is 5.97 Å². The first-order chi connectivity index (χ1) is 15.0. The average molecular weight is 429 g/mol. The minimum absolute atomic E-state index is 0.0741. The molecule has 5 nitrogen and oxygen atoms in total. The number of hydrogen-bond donors (Lipinski definition) is 2. The van der Waals surface area contributed by atoms with E-state index in [2.05, 4.69) is 11.8 Å². The minimum Gasteiger partial charge on any atom is -0.393 e. The smallest absolute Gasteiger partial charge is 0.365 e. The first-order valence-electron chi connectivity index (χ1n) is 11.0. The highest BCUT2D eigenvalue weighted by molar-refractivity contribution is 5.86. The van der Waals surface area contributed by atoms with Crippen molar-refractivity contribution >= 4 is 12.0 Å². The van der Waals surface area contributed by atoms with E-state index in [4.69, 9.17) is 4.89 Å². The van der Waals surface area contributed by atoms with Crippen LogP contribution in [0, 0.1) is 5.92 Å². The monoisotopic (exact) mass is 428 g/mol. The van der Waals surface area contributed by atoms with Gasteiger partial charge in [-0.15, -0.1) is 0 Å². The topological polar surface area (TPSA) is 76.0 Å². The molecule has 170 valence electrons. The summed E-state index contributed by atoms with van der Waals surface area (Å²) >= 11 is 0. The highest BCUT2D eigenvalue weighted by Crippen LogP contribution is 2.20. The molecule has 1 unspecified atom stereocenters. The summed E-state index contributed by atoms with van der Waals surface area (Å²) in [6.45, 7) is 6.23. The van der Waals surface area contributed by atoms with Crippen molar-refractivity contribution in [3.8, 4) is 0 Å². The summed E-state index contributed by atoms with van der Waals surface area (Å²) in [5.41, 5.74) is 1.88. The maximum atomic E-state index is 11.4. The van der Waals surface area contributed by atoms with Crippen LogP contribution in [0.3, 0.4) is 0 Å². The molecule has 2 rings (SSSR count). The SMILES string of the molecule is CCCC([C@H](O)CC)[C@@H](O)CC.O=C(C=Cc1ccccc1)OOCc1ccccc1. The Morgan fingerprint density at radius 3 is 1.97 bits per heavy atom. The fourth-order valence-corrected chi connectivity index (χ4v) is 3.07. The van der Waals surface area contributed by atoms with Crippen molar-refractivity contribution in [2.45, 2.75) is 65.3 Å². The van der Waals surface area contributed by atoms with Gasteiger partial charge in [0.1, 0.15) is 6.61 Å². The molecule has 0 heterocycles. The van der Waals surface area contributed by atoms with E-state index in [0.717, 1.165) is 36.8 Å². The number of rotatable bonds is 11. The third-order valence-corrected chi connectivity index (χ3v) is 4.87. The molecule has 2 N–H and O–H groups in total. The Hall–Kier alpha value is -2.47. The van der Waals surface area contributed by atoms with Crippen LogP contribution in [0.15, 0.2) is 66.7 Å². The zero-order valence-electron chi connectivity index (χ0n) is 18.8. The Kier molecular flexibility index (Phi) is 13.9. The maximum absolute atomic E-state index is 11.4. The number of aliphatic hydroxyl groups is 2. The van der Waals surface area contributed by atoms with Crippen molar-refractivity contribution in [3.05, 3.63) is 77.9 Å². The molecular weight excluding hydrogens is 392 g/mol. The standard InChI is InChI=1S/C16H14O3.C10H22O2/c17-16(12-11-14-7-3-1-4-8-14)19-18-13-15-9-5-2-6-10-15;1-4-7-8(9(11)5-2)10(12)6-3/h1-12H,13H2;8-12H,4-7H2,1-3H3/t;8?,9-,10+. The lowest BCUT2D eigenvalue weighted by atomic mass is 9.89. The lowest BCUT2D eigenvalue weighted by molar-refractivity contribution is -0.275. The van der Waals surface area contributed by atoms with E-state index < -0.39 is 5.97 Å². The zero-order chi connectivity index (χ0) is 22.9. The molecule has 0 amide bonds. The Morgan fingerprint density at radius 2 is 1.45 bits per heavy atom. The molecule has 0 bridgehead atoms. The molecular formula is C26H36O5. The lowest BCUT2D eigenvalue weighted by Crippen LogP contribution is -2.30. The molecule has 31 heavy (non-hydrogen) atoms. The Balaban J connectivity index is 0.000000348. The van der Waals surface area contributed by atoms with Crippen molar-refractivity contribution in [2.24, 2.45) is 5.92 Å². The molecule has 0 aromatic heterocycles. The number of hydrogen-bond acceptors (Lipinski definition) is 5. The Morgan fingerprint density at radius 1 is 0.903 bits per heavy atom. The first kappa shape index (κ1) is 26.6. The summed E-state index contributed by atoms with van der Waals surface area (Å²) in [7, 11) is 0. The van der Waals surface area contributed by atoms with E-state index >= 15 is 0 Å². The Labute approximate surface area is 186 Å². The second-order valence-corrected chi connectivity index (χ2v) is 7.30. The number of aliphatic hydroxyl groups excluding tert-OH is 2. The molecule has 0 saturated carbocycles. The molecule has 0 saturated heterocycles. The normalized spacial score (nSPS) is 13.7. The number of carbonyl (C=O) groups is 1. The minimum atomic E-state index is -0.528. The fraction of sp³-hybridized carbons (Fsp3) is 0.423. The second-order valence-electron chi connectivity index (χ2n) is 7.30. The molecule has 0 radical (unpaired) electrons. The lowest BCUT2D eigenvalue weighted by Gasteiger charge is -2.25. The van der Waals surface area contributed by atoms with Gasteiger partial charge in [0.2, 0.25) is 0 Å². The van der Waals surface area contributed by atoms with Gasteiger partial charge in [0.15, 0.2) is 0 Å². The van der Waals surface area contributed by atoms with E-state index in [-0.39, 0.29) is 24.7 Å². The molecule has 5 heteroatoms. The van der Waals surface area contributed by atoms with Gasteiger partial charge in [-0.05, 0) is 36.5 Å². The molecule has 0 spiro atoms. The van der Waals surface area contributed by atoms with Gasteiger partial charge in [0.05, 0.1) is 12.2 Å². The van der Waals surface area contributed by atoms with Crippen LogP contribution in [0.5, 0.6) is 0 Å². The summed E-state index contributed by atoms with van der Waals surface area (Å²) in [5, 5.41) is 19.2. The molecule has 0 aliphatic carbocycles. The average Bonchev–Trinajstić information content (AvgIpc) is 2.82. The molecule has 0 aliphatic rings. The number of carbonyl (C=O) groups excluding carboxylic acids is 1. The van der Waals surface area contributed by atoms with Crippen LogP contribution in [0.4, 0.5) is 0 Å².